The molecule has 0 aliphatic heterocycles. The summed E-state index contributed by atoms with van der Waals surface area (Å²) in [5.41, 5.74) is 0. The molecular weight excluding hydrogens is 355 g/mol. The molecule has 170 valence electrons. The lowest BCUT2D eigenvalue weighted by Gasteiger charge is -2.28. The third-order valence-corrected chi connectivity index (χ3v) is 7.75. The van der Waals surface area contributed by atoms with E-state index < -0.39 is 0 Å². The molecule has 0 saturated carbocycles. The molecule has 0 aliphatic rings. The molecule has 0 nitrogen and oxygen atoms in total. The number of unbranched alkanes of at least 4 members (excludes halogenated alkanes) is 18. The molecule has 1 heteroatoms. The predicted octanol–water partition coefficient (Wildman–Crippen LogP) is 10.6. The van der Waals surface area contributed by atoms with Gasteiger partial charge in [-0.3, -0.25) is 0 Å². The minimum absolute atomic E-state index is 0.542. The average molecular weight is 413 g/mol. The highest BCUT2D eigenvalue weighted by Crippen LogP contribution is 2.35. The Morgan fingerprint density at radius 3 is 0.893 bits per heavy atom. The monoisotopic (exact) mass is 412 g/mol. The van der Waals surface area contributed by atoms with E-state index >= 15 is 0 Å². The molecule has 0 heterocycles. The largest absolute Gasteiger partial charge is 0.131 e. The van der Waals surface area contributed by atoms with E-state index in [1.54, 1.807) is 0 Å². The van der Waals surface area contributed by atoms with Crippen LogP contribution < -0.4 is 0 Å². The topological polar surface area (TPSA) is 0 Å². The van der Waals surface area contributed by atoms with Gasteiger partial charge in [0.05, 0.1) is 0 Å². The lowest BCUT2D eigenvalue weighted by Crippen LogP contribution is -2.19. The van der Waals surface area contributed by atoms with Gasteiger partial charge in [0.25, 0.3) is 0 Å². The van der Waals surface area contributed by atoms with Gasteiger partial charge in [0.2, 0.25) is 0 Å². The van der Waals surface area contributed by atoms with E-state index in [1.807, 2.05) is 0 Å². The molecule has 0 fully saturated rings. The zero-order valence-corrected chi connectivity index (χ0v) is 21.5. The lowest BCUT2D eigenvalue weighted by atomic mass is 9.91. The van der Waals surface area contributed by atoms with Crippen LogP contribution in [-0.2, 0) is 0 Å². The third kappa shape index (κ3) is 19.7. The van der Waals surface area contributed by atoms with Gasteiger partial charge in [-0.2, -0.15) is 0 Å². The van der Waals surface area contributed by atoms with Crippen LogP contribution in [0.1, 0.15) is 168 Å². The van der Waals surface area contributed by atoms with E-state index in [0.29, 0.717) is 5.16 Å². The first-order valence-corrected chi connectivity index (χ1v) is 14.0. The molecule has 0 rings (SSSR count). The maximum atomic E-state index is 3.26. The zero-order chi connectivity index (χ0) is 20.8. The van der Waals surface area contributed by atoms with Gasteiger partial charge in [-0.15, -0.1) is 9.24 Å². The summed E-state index contributed by atoms with van der Waals surface area (Å²) in [4.78, 5) is 0. The SMILES string of the molecule is CCCCCCCCCCCCC(P)(CC)CCCCCCCCCCCC. The van der Waals surface area contributed by atoms with Crippen molar-refractivity contribution in [3.63, 3.8) is 0 Å². The quantitative estimate of drug-likeness (QED) is 0.116. The highest BCUT2D eigenvalue weighted by Gasteiger charge is 2.20. The molecule has 0 saturated heterocycles. The Labute approximate surface area is 183 Å². The van der Waals surface area contributed by atoms with E-state index in [9.17, 15) is 0 Å². The summed E-state index contributed by atoms with van der Waals surface area (Å²) in [5, 5.41) is 0.542. The van der Waals surface area contributed by atoms with Crippen molar-refractivity contribution in [3.8, 4) is 0 Å². The van der Waals surface area contributed by atoms with Crippen LogP contribution in [0.15, 0.2) is 0 Å². The first-order valence-electron chi connectivity index (χ1n) is 13.5. The Balaban J connectivity index is 3.47. The first kappa shape index (κ1) is 28.4. The molecular formula is C27H57P. The molecule has 0 spiro atoms. The van der Waals surface area contributed by atoms with Crippen LogP contribution in [0.2, 0.25) is 0 Å². The van der Waals surface area contributed by atoms with Gasteiger partial charge in [-0.05, 0) is 24.4 Å². The Bertz CT molecular complexity index is 262. The molecule has 1 unspecified atom stereocenters. The summed E-state index contributed by atoms with van der Waals surface area (Å²) in [6.07, 6.45) is 33.3. The molecule has 0 aliphatic carbocycles. The van der Waals surface area contributed by atoms with Gasteiger partial charge >= 0.3 is 0 Å². The van der Waals surface area contributed by atoms with E-state index in [-0.39, 0.29) is 0 Å². The summed E-state index contributed by atoms with van der Waals surface area (Å²) in [6, 6.07) is 0. The highest BCUT2D eigenvalue weighted by molar-refractivity contribution is 7.18. The van der Waals surface area contributed by atoms with Gasteiger partial charge in [0.1, 0.15) is 0 Å². The van der Waals surface area contributed by atoms with Crippen LogP contribution >= 0.6 is 9.24 Å². The smallest absolute Gasteiger partial charge is 0.0153 e. The zero-order valence-electron chi connectivity index (χ0n) is 20.3. The van der Waals surface area contributed by atoms with Gasteiger partial charge in [0.15, 0.2) is 0 Å². The summed E-state index contributed by atoms with van der Waals surface area (Å²) in [6.45, 7) is 7.01. The fourth-order valence-electron chi connectivity index (χ4n) is 4.41. The van der Waals surface area contributed by atoms with E-state index in [0.717, 1.165) is 0 Å². The van der Waals surface area contributed by atoms with Crippen LogP contribution in [0, 0.1) is 0 Å². The van der Waals surface area contributed by atoms with Crippen LogP contribution in [0.25, 0.3) is 0 Å². The fourth-order valence-corrected chi connectivity index (χ4v) is 4.82. The van der Waals surface area contributed by atoms with E-state index in [4.69, 9.17) is 0 Å². The van der Waals surface area contributed by atoms with Crippen LogP contribution in [0.4, 0.5) is 0 Å². The Hall–Kier alpha value is 0.430. The van der Waals surface area contributed by atoms with Crippen molar-refractivity contribution in [2.75, 3.05) is 0 Å². The Kier molecular flexibility index (Phi) is 22.5. The molecule has 0 aromatic carbocycles. The maximum Gasteiger partial charge on any atom is -0.0153 e. The minimum Gasteiger partial charge on any atom is -0.131 e. The first-order chi connectivity index (χ1) is 13.7. The molecule has 1 atom stereocenters. The van der Waals surface area contributed by atoms with E-state index in [1.165, 1.54) is 148 Å². The number of hydrogen-bond acceptors (Lipinski definition) is 0. The Morgan fingerprint density at radius 1 is 0.393 bits per heavy atom. The number of rotatable bonds is 23. The Morgan fingerprint density at radius 2 is 0.643 bits per heavy atom. The standard InChI is InChI=1S/C27H57P/c1-4-7-9-11-13-15-17-19-21-23-25-27(28,6-3)26-24-22-20-18-16-14-12-10-8-5-2/h4-26,28H2,1-3H3. The predicted molar refractivity (Wildman–Crippen MR) is 136 cm³/mol. The molecule has 0 aromatic heterocycles. The van der Waals surface area contributed by atoms with E-state index in [2.05, 4.69) is 30.0 Å². The lowest BCUT2D eigenvalue weighted by molar-refractivity contribution is 0.429. The molecule has 0 N–H and O–H groups in total. The number of hydrogen-bond donors (Lipinski definition) is 0. The molecule has 0 amide bonds. The summed E-state index contributed by atoms with van der Waals surface area (Å²) in [7, 11) is 3.26. The third-order valence-electron chi connectivity index (χ3n) is 6.76. The maximum absolute atomic E-state index is 3.26. The van der Waals surface area contributed by atoms with Crippen molar-refractivity contribution in [1.82, 2.24) is 0 Å². The van der Waals surface area contributed by atoms with Crippen molar-refractivity contribution in [3.05, 3.63) is 0 Å². The van der Waals surface area contributed by atoms with Crippen molar-refractivity contribution in [2.45, 2.75) is 174 Å². The van der Waals surface area contributed by atoms with Crippen LogP contribution in [0.5, 0.6) is 0 Å². The van der Waals surface area contributed by atoms with Gasteiger partial charge in [-0.1, -0.05) is 149 Å². The summed E-state index contributed by atoms with van der Waals surface area (Å²) in [5.74, 6) is 0. The van der Waals surface area contributed by atoms with Crippen molar-refractivity contribution < 1.29 is 0 Å². The molecule has 0 radical (unpaired) electrons. The minimum atomic E-state index is 0.542. The summed E-state index contributed by atoms with van der Waals surface area (Å²) < 4.78 is 0. The average Bonchev–Trinajstić information content (AvgIpc) is 2.71. The van der Waals surface area contributed by atoms with Crippen LogP contribution in [0.3, 0.4) is 0 Å². The van der Waals surface area contributed by atoms with Crippen LogP contribution in [-0.4, -0.2) is 5.16 Å². The van der Waals surface area contributed by atoms with Gasteiger partial charge < -0.3 is 0 Å². The molecule has 28 heavy (non-hydrogen) atoms. The van der Waals surface area contributed by atoms with Crippen molar-refractivity contribution in [2.24, 2.45) is 0 Å². The highest BCUT2D eigenvalue weighted by atomic mass is 31.0. The second-order valence-electron chi connectivity index (χ2n) is 9.58. The second kappa shape index (κ2) is 22.1. The molecule has 0 aromatic rings. The second-order valence-corrected chi connectivity index (χ2v) is 10.8. The normalized spacial score (nSPS) is 12.0. The van der Waals surface area contributed by atoms with Gasteiger partial charge in [0, 0.05) is 0 Å². The fraction of sp³-hybridized carbons (Fsp3) is 1.00. The molecule has 0 bridgehead atoms. The summed E-state index contributed by atoms with van der Waals surface area (Å²) >= 11 is 0. The van der Waals surface area contributed by atoms with Crippen molar-refractivity contribution >= 4 is 9.24 Å². The van der Waals surface area contributed by atoms with Crippen molar-refractivity contribution in [1.29, 1.82) is 0 Å². The van der Waals surface area contributed by atoms with Gasteiger partial charge in [-0.25, -0.2) is 0 Å².